The second-order valence-electron chi connectivity index (χ2n) is 4.94. The van der Waals surface area contributed by atoms with Crippen molar-refractivity contribution in [3.05, 3.63) is 57.3 Å². The molecule has 6 heteroatoms. The van der Waals surface area contributed by atoms with Crippen LogP contribution in [0.25, 0.3) is 0 Å². The van der Waals surface area contributed by atoms with Crippen LogP contribution in [-0.4, -0.2) is 6.54 Å². The molecule has 2 aromatic carbocycles. The molecule has 1 aliphatic rings. The van der Waals surface area contributed by atoms with Gasteiger partial charge < -0.3 is 4.90 Å². The molecule has 2 aromatic rings. The predicted octanol–water partition coefficient (Wildman–Crippen LogP) is 4.66. The summed E-state index contributed by atoms with van der Waals surface area (Å²) in [7, 11) is 0. The Morgan fingerprint density at radius 2 is 2.05 bits per heavy atom. The quantitative estimate of drug-likeness (QED) is 0.822. The van der Waals surface area contributed by atoms with Crippen LogP contribution >= 0.6 is 35.1 Å². The van der Waals surface area contributed by atoms with Gasteiger partial charge in [0.2, 0.25) is 0 Å². The Morgan fingerprint density at radius 1 is 1.24 bits per heavy atom. The molecule has 0 fully saturated rings. The van der Waals surface area contributed by atoms with Gasteiger partial charge in [-0.05, 0) is 59.8 Å². The van der Waals surface area contributed by atoms with Gasteiger partial charge in [-0.15, -0.1) is 0 Å². The van der Waals surface area contributed by atoms with Crippen molar-refractivity contribution >= 4 is 40.8 Å². The molecule has 0 spiro atoms. The molecule has 0 bridgehead atoms. The fourth-order valence-corrected chi connectivity index (χ4v) is 3.43. The number of rotatable bonds is 3. The number of benzene rings is 2. The maximum Gasteiger partial charge on any atom is 0.138 e. The lowest BCUT2D eigenvalue weighted by Gasteiger charge is -2.20. The van der Waals surface area contributed by atoms with Crippen LogP contribution in [0.1, 0.15) is 11.1 Å². The highest BCUT2D eigenvalue weighted by Gasteiger charge is 2.20. The average Bonchev–Trinajstić information content (AvgIpc) is 2.84. The van der Waals surface area contributed by atoms with E-state index in [0.717, 1.165) is 41.2 Å². The molecule has 0 saturated heterocycles. The summed E-state index contributed by atoms with van der Waals surface area (Å²) in [6.45, 7) is 1.45. The number of hydrogen-bond donors (Lipinski definition) is 1. The number of halogens is 3. The van der Waals surface area contributed by atoms with Crippen molar-refractivity contribution in [1.82, 2.24) is 0 Å². The summed E-state index contributed by atoms with van der Waals surface area (Å²) in [6.07, 6.45) is 0.937. The zero-order valence-electron chi connectivity index (χ0n) is 11.1. The van der Waals surface area contributed by atoms with Gasteiger partial charge >= 0.3 is 0 Å². The van der Waals surface area contributed by atoms with Crippen LogP contribution in [0.4, 0.5) is 10.1 Å². The fourth-order valence-electron chi connectivity index (χ4n) is 2.59. The van der Waals surface area contributed by atoms with Gasteiger partial charge in [0, 0.05) is 28.8 Å². The SMILES string of the molecule is NSc1cc(Cl)c(CN2CCc3cc(Cl)ccc32)cc1F. The van der Waals surface area contributed by atoms with Crippen LogP contribution < -0.4 is 10.0 Å². The molecular weight excluding hydrogens is 330 g/mol. The molecule has 0 saturated carbocycles. The molecule has 0 amide bonds. The summed E-state index contributed by atoms with van der Waals surface area (Å²) in [4.78, 5) is 2.54. The normalized spacial score (nSPS) is 13.6. The van der Waals surface area contributed by atoms with Crippen LogP contribution in [0.3, 0.4) is 0 Å². The third-order valence-corrected chi connectivity index (χ3v) is 4.78. The van der Waals surface area contributed by atoms with Crippen molar-refractivity contribution in [3.8, 4) is 0 Å². The zero-order chi connectivity index (χ0) is 15.0. The molecular formula is C15H13Cl2FN2S. The van der Waals surface area contributed by atoms with Crippen LogP contribution in [0, 0.1) is 5.82 Å². The number of nitrogens with two attached hydrogens (primary N) is 1. The molecule has 0 radical (unpaired) electrons. The molecule has 0 aliphatic carbocycles. The van der Waals surface area contributed by atoms with Gasteiger partial charge in [0.25, 0.3) is 0 Å². The monoisotopic (exact) mass is 342 g/mol. The van der Waals surface area contributed by atoms with E-state index in [-0.39, 0.29) is 5.82 Å². The van der Waals surface area contributed by atoms with Crippen LogP contribution in [0.15, 0.2) is 35.2 Å². The van der Waals surface area contributed by atoms with Gasteiger partial charge in [0.05, 0.1) is 4.90 Å². The van der Waals surface area contributed by atoms with Crippen molar-refractivity contribution in [2.24, 2.45) is 5.14 Å². The first-order chi connectivity index (χ1) is 10.1. The number of fused-ring (bicyclic) bond motifs is 1. The molecule has 0 unspecified atom stereocenters. The molecule has 110 valence electrons. The van der Waals surface area contributed by atoms with Crippen LogP contribution in [0.2, 0.25) is 10.0 Å². The first kappa shape index (κ1) is 15.0. The molecule has 1 aliphatic heterocycles. The summed E-state index contributed by atoms with van der Waals surface area (Å²) in [6, 6.07) is 8.89. The molecule has 21 heavy (non-hydrogen) atoms. The molecule has 0 atom stereocenters. The van der Waals surface area contributed by atoms with Crippen molar-refractivity contribution in [1.29, 1.82) is 0 Å². The summed E-state index contributed by atoms with van der Waals surface area (Å²) >= 11 is 13.1. The van der Waals surface area contributed by atoms with Crippen molar-refractivity contribution in [3.63, 3.8) is 0 Å². The van der Waals surface area contributed by atoms with Gasteiger partial charge in [-0.25, -0.2) is 4.39 Å². The van der Waals surface area contributed by atoms with Crippen molar-refractivity contribution in [2.75, 3.05) is 11.4 Å². The maximum absolute atomic E-state index is 13.9. The van der Waals surface area contributed by atoms with Gasteiger partial charge in [-0.2, -0.15) is 0 Å². The Labute approximate surface area is 137 Å². The van der Waals surface area contributed by atoms with Gasteiger partial charge in [0.15, 0.2) is 0 Å². The van der Waals surface area contributed by atoms with E-state index in [1.165, 1.54) is 11.6 Å². The molecule has 2 nitrogen and oxygen atoms in total. The summed E-state index contributed by atoms with van der Waals surface area (Å²) in [5.74, 6) is -0.336. The zero-order valence-corrected chi connectivity index (χ0v) is 13.4. The number of anilines is 1. The first-order valence-corrected chi connectivity index (χ1v) is 8.10. The summed E-state index contributed by atoms with van der Waals surface area (Å²) < 4.78 is 13.9. The fraction of sp³-hybridized carbons (Fsp3) is 0.200. The van der Waals surface area contributed by atoms with E-state index in [0.29, 0.717) is 16.5 Å². The maximum atomic E-state index is 13.9. The molecule has 1 heterocycles. The lowest BCUT2D eigenvalue weighted by Crippen LogP contribution is -2.20. The van der Waals surface area contributed by atoms with Gasteiger partial charge in [0.1, 0.15) is 5.82 Å². The Balaban J connectivity index is 1.88. The third-order valence-electron chi connectivity index (χ3n) is 3.62. The van der Waals surface area contributed by atoms with Crippen LogP contribution in [0.5, 0.6) is 0 Å². The Bertz CT molecular complexity index is 694. The van der Waals surface area contributed by atoms with Gasteiger partial charge in [-0.1, -0.05) is 23.2 Å². The molecule has 3 rings (SSSR count). The van der Waals surface area contributed by atoms with Crippen molar-refractivity contribution in [2.45, 2.75) is 17.9 Å². The van der Waals surface area contributed by atoms with Crippen LogP contribution in [-0.2, 0) is 13.0 Å². The number of nitrogens with zero attached hydrogens (tertiary/aromatic N) is 1. The van der Waals surface area contributed by atoms with Crippen molar-refractivity contribution < 1.29 is 4.39 Å². The van der Waals surface area contributed by atoms with Gasteiger partial charge in [-0.3, -0.25) is 5.14 Å². The van der Waals surface area contributed by atoms with E-state index in [2.05, 4.69) is 4.90 Å². The van der Waals surface area contributed by atoms with E-state index < -0.39 is 0 Å². The average molecular weight is 343 g/mol. The standard InChI is InChI=1S/C15H13Cl2FN2S/c16-11-1-2-14-9(5-11)3-4-20(14)8-10-6-13(18)15(21-19)7-12(10)17/h1-2,5-7H,3-4,8,19H2. The second-order valence-corrected chi connectivity index (χ2v) is 6.46. The summed E-state index contributed by atoms with van der Waals surface area (Å²) in [5, 5.41) is 6.68. The molecule has 0 aromatic heterocycles. The van der Waals surface area contributed by atoms with E-state index in [1.54, 1.807) is 6.07 Å². The highest BCUT2D eigenvalue weighted by atomic mass is 35.5. The number of hydrogen-bond acceptors (Lipinski definition) is 3. The van der Waals surface area contributed by atoms with E-state index in [9.17, 15) is 4.39 Å². The Hall–Kier alpha value is -0.940. The first-order valence-electron chi connectivity index (χ1n) is 6.46. The predicted molar refractivity (Wildman–Crippen MR) is 87.7 cm³/mol. The lowest BCUT2D eigenvalue weighted by molar-refractivity contribution is 0.599. The minimum absolute atomic E-state index is 0.336. The minimum Gasteiger partial charge on any atom is -0.367 e. The largest absolute Gasteiger partial charge is 0.367 e. The lowest BCUT2D eigenvalue weighted by atomic mass is 10.1. The Morgan fingerprint density at radius 3 is 2.81 bits per heavy atom. The topological polar surface area (TPSA) is 29.3 Å². The molecule has 2 N–H and O–H groups in total. The summed E-state index contributed by atoms with van der Waals surface area (Å²) in [5.41, 5.74) is 3.11. The minimum atomic E-state index is -0.336. The van der Waals surface area contributed by atoms with E-state index in [4.69, 9.17) is 28.3 Å². The van der Waals surface area contributed by atoms with E-state index in [1.807, 2.05) is 18.2 Å². The second kappa shape index (κ2) is 6.05. The Kier molecular flexibility index (Phi) is 4.31. The smallest absolute Gasteiger partial charge is 0.138 e. The third kappa shape index (κ3) is 2.99. The highest BCUT2D eigenvalue weighted by molar-refractivity contribution is 7.97. The highest BCUT2D eigenvalue weighted by Crippen LogP contribution is 2.33. The van der Waals surface area contributed by atoms with E-state index >= 15 is 0 Å².